The summed E-state index contributed by atoms with van der Waals surface area (Å²) in [4.78, 5) is 13.5. The largest absolute Gasteiger partial charge is 0.376 e. The second-order valence-electron chi connectivity index (χ2n) is 3.84. The lowest BCUT2D eigenvalue weighted by Gasteiger charge is -2.19. The molecule has 0 saturated carbocycles. The van der Waals surface area contributed by atoms with E-state index in [-0.39, 0.29) is 24.6 Å². The summed E-state index contributed by atoms with van der Waals surface area (Å²) in [6.45, 7) is 0.754. The minimum atomic E-state index is -3.94. The molecule has 6 nitrogen and oxygen atoms in total. The number of nitrogens with zero attached hydrogens (tertiary/aromatic N) is 1. The molecule has 1 heterocycles. The molecule has 0 aromatic heterocycles. The monoisotopic (exact) mass is 260 g/mol. The van der Waals surface area contributed by atoms with Gasteiger partial charge >= 0.3 is 0 Å². The van der Waals surface area contributed by atoms with Crippen LogP contribution in [0.4, 0.5) is 0 Å². The van der Waals surface area contributed by atoms with Gasteiger partial charge in [-0.1, -0.05) is 6.08 Å². The third-order valence-electron chi connectivity index (χ3n) is 2.21. The number of amides is 1. The number of hydrogen-bond donors (Lipinski definition) is 2. The van der Waals surface area contributed by atoms with E-state index in [0.717, 1.165) is 0 Å². The van der Waals surface area contributed by atoms with Crippen LogP contribution in [0.1, 0.15) is 6.42 Å². The van der Waals surface area contributed by atoms with E-state index in [2.05, 4.69) is 5.32 Å². The molecular weight excluding hydrogens is 244 g/mol. The van der Waals surface area contributed by atoms with Crippen molar-refractivity contribution in [1.29, 1.82) is 0 Å². The summed E-state index contributed by atoms with van der Waals surface area (Å²) in [6.07, 6.45) is 5.55. The van der Waals surface area contributed by atoms with E-state index < -0.39 is 10.1 Å². The van der Waals surface area contributed by atoms with Gasteiger partial charge in [0.25, 0.3) is 10.1 Å². The van der Waals surface area contributed by atoms with E-state index in [1.807, 2.05) is 18.1 Å². The molecule has 96 valence electrons. The van der Waals surface area contributed by atoms with E-state index in [1.54, 1.807) is 12.2 Å². The maximum absolute atomic E-state index is 11.6. The number of allylic oxidation sites excluding steroid dienone is 2. The summed E-state index contributed by atoms with van der Waals surface area (Å²) >= 11 is 0. The van der Waals surface area contributed by atoms with Gasteiger partial charge in [0.15, 0.2) is 0 Å². The van der Waals surface area contributed by atoms with E-state index in [9.17, 15) is 13.2 Å². The zero-order valence-electron chi connectivity index (χ0n) is 9.59. The minimum Gasteiger partial charge on any atom is -0.376 e. The predicted octanol–water partition coefficient (Wildman–Crippen LogP) is -0.234. The Hall–Kier alpha value is -1.34. The van der Waals surface area contributed by atoms with E-state index in [0.29, 0.717) is 12.1 Å². The first-order valence-electron chi connectivity index (χ1n) is 5.19. The third-order valence-corrected chi connectivity index (χ3v) is 3.02. The zero-order chi connectivity index (χ0) is 12.9. The molecule has 17 heavy (non-hydrogen) atoms. The smallest absolute Gasteiger partial charge is 0.264 e. The van der Waals surface area contributed by atoms with Crippen molar-refractivity contribution >= 4 is 16.0 Å². The molecule has 1 aliphatic rings. The first kappa shape index (κ1) is 13.7. The van der Waals surface area contributed by atoms with Crippen LogP contribution in [0.15, 0.2) is 23.9 Å². The van der Waals surface area contributed by atoms with Crippen molar-refractivity contribution in [3.8, 4) is 0 Å². The maximum atomic E-state index is 11.6. The molecule has 0 fully saturated rings. The van der Waals surface area contributed by atoms with Crippen LogP contribution in [0, 0.1) is 0 Å². The SMILES string of the molecule is CN1C=CC=C(C(=O)NCCCS(=O)(=O)O)C1. The Morgan fingerprint density at radius 2 is 2.29 bits per heavy atom. The highest BCUT2D eigenvalue weighted by Gasteiger charge is 2.12. The Morgan fingerprint density at radius 1 is 1.59 bits per heavy atom. The second-order valence-corrected chi connectivity index (χ2v) is 5.42. The molecule has 2 N–H and O–H groups in total. The molecular formula is C10H16N2O4S. The van der Waals surface area contributed by atoms with Crippen LogP contribution in [-0.4, -0.2) is 49.7 Å². The van der Waals surface area contributed by atoms with Crippen LogP contribution in [0.3, 0.4) is 0 Å². The molecule has 0 bridgehead atoms. The van der Waals surface area contributed by atoms with Gasteiger partial charge in [0.1, 0.15) is 0 Å². The first-order chi connectivity index (χ1) is 7.88. The van der Waals surface area contributed by atoms with Gasteiger partial charge in [0.2, 0.25) is 5.91 Å². The van der Waals surface area contributed by atoms with Crippen LogP contribution < -0.4 is 5.32 Å². The molecule has 1 aliphatic heterocycles. The summed E-state index contributed by atoms with van der Waals surface area (Å²) < 4.78 is 29.4. The predicted molar refractivity (Wildman–Crippen MR) is 63.9 cm³/mol. The van der Waals surface area contributed by atoms with Gasteiger partial charge < -0.3 is 10.2 Å². The van der Waals surface area contributed by atoms with Crippen molar-refractivity contribution in [3.05, 3.63) is 23.9 Å². The molecule has 1 amide bonds. The third kappa shape index (κ3) is 5.50. The molecule has 0 aromatic rings. The topological polar surface area (TPSA) is 86.7 Å². The van der Waals surface area contributed by atoms with Crippen molar-refractivity contribution in [3.63, 3.8) is 0 Å². The van der Waals surface area contributed by atoms with E-state index >= 15 is 0 Å². The van der Waals surface area contributed by atoms with Crippen LogP contribution in [0.5, 0.6) is 0 Å². The Morgan fingerprint density at radius 3 is 2.88 bits per heavy atom. The number of carbonyl (C=O) groups is 1. The van der Waals surface area contributed by atoms with Crippen LogP contribution in [0.2, 0.25) is 0 Å². The lowest BCUT2D eigenvalue weighted by molar-refractivity contribution is -0.117. The van der Waals surface area contributed by atoms with Gasteiger partial charge in [-0.3, -0.25) is 9.35 Å². The summed E-state index contributed by atoms with van der Waals surface area (Å²) in [5.74, 6) is -0.553. The maximum Gasteiger partial charge on any atom is 0.264 e. The van der Waals surface area contributed by atoms with Gasteiger partial charge in [-0.2, -0.15) is 8.42 Å². The highest BCUT2D eigenvalue weighted by molar-refractivity contribution is 7.85. The van der Waals surface area contributed by atoms with E-state index in [1.165, 1.54) is 0 Å². The lowest BCUT2D eigenvalue weighted by Crippen LogP contribution is -2.32. The molecule has 0 unspecified atom stereocenters. The fourth-order valence-corrected chi connectivity index (χ4v) is 1.91. The quantitative estimate of drug-likeness (QED) is 0.526. The Kier molecular flexibility index (Phi) is 4.71. The zero-order valence-corrected chi connectivity index (χ0v) is 10.4. The number of hydrogen-bond acceptors (Lipinski definition) is 4. The van der Waals surface area contributed by atoms with Gasteiger partial charge in [0, 0.05) is 25.7 Å². The minimum absolute atomic E-state index is 0.198. The van der Waals surface area contributed by atoms with E-state index in [4.69, 9.17) is 4.55 Å². The van der Waals surface area contributed by atoms with Crippen molar-refractivity contribution < 1.29 is 17.8 Å². The average molecular weight is 260 g/mol. The van der Waals surface area contributed by atoms with Crippen molar-refractivity contribution in [1.82, 2.24) is 10.2 Å². The number of nitrogens with one attached hydrogen (secondary N) is 1. The normalized spacial score (nSPS) is 15.6. The first-order valence-corrected chi connectivity index (χ1v) is 6.80. The fourth-order valence-electron chi connectivity index (χ4n) is 1.40. The Labute approximate surface area is 101 Å². The van der Waals surface area contributed by atoms with Crippen LogP contribution in [-0.2, 0) is 14.9 Å². The van der Waals surface area contributed by atoms with Gasteiger partial charge in [-0.15, -0.1) is 0 Å². The molecule has 1 rings (SSSR count). The molecule has 7 heteroatoms. The Bertz CT molecular complexity index is 439. The van der Waals surface area contributed by atoms with Crippen molar-refractivity contribution in [2.75, 3.05) is 25.9 Å². The fraction of sp³-hybridized carbons (Fsp3) is 0.500. The standard InChI is InChI=1S/C10H16N2O4S/c1-12-6-2-4-9(8-12)10(13)11-5-3-7-17(14,15)16/h2,4,6H,3,5,7-8H2,1H3,(H,11,13)(H,14,15,16). The van der Waals surface area contributed by atoms with Gasteiger partial charge in [0.05, 0.1) is 5.75 Å². The average Bonchev–Trinajstić information content (AvgIpc) is 2.23. The molecule has 0 spiro atoms. The Balaban J connectivity index is 2.31. The molecule has 0 saturated heterocycles. The summed E-state index contributed by atoms with van der Waals surface area (Å²) in [5.41, 5.74) is 0.627. The highest BCUT2D eigenvalue weighted by atomic mass is 32.2. The van der Waals surface area contributed by atoms with Crippen LogP contribution >= 0.6 is 0 Å². The number of carbonyl (C=O) groups excluding carboxylic acids is 1. The van der Waals surface area contributed by atoms with Crippen molar-refractivity contribution in [2.24, 2.45) is 0 Å². The number of likely N-dealkylation sites (N-methyl/N-ethyl adjacent to an activating group) is 1. The van der Waals surface area contributed by atoms with Crippen molar-refractivity contribution in [2.45, 2.75) is 6.42 Å². The summed E-state index contributed by atoms with van der Waals surface area (Å²) in [7, 11) is -2.08. The number of rotatable bonds is 5. The molecule has 0 aromatic carbocycles. The van der Waals surface area contributed by atoms with Crippen LogP contribution in [0.25, 0.3) is 0 Å². The highest BCUT2D eigenvalue weighted by Crippen LogP contribution is 2.05. The molecule has 0 radical (unpaired) electrons. The van der Waals surface area contributed by atoms with Gasteiger partial charge in [-0.05, 0) is 18.7 Å². The lowest BCUT2D eigenvalue weighted by atomic mass is 10.2. The van der Waals surface area contributed by atoms with Gasteiger partial charge in [-0.25, -0.2) is 0 Å². The second kappa shape index (κ2) is 5.83. The molecule has 0 atom stereocenters. The molecule has 0 aliphatic carbocycles. The summed E-state index contributed by atoms with van der Waals surface area (Å²) in [5, 5.41) is 2.60. The summed E-state index contributed by atoms with van der Waals surface area (Å²) in [6, 6.07) is 0.